The number of benzene rings is 1. The van der Waals surface area contributed by atoms with Gasteiger partial charge in [0, 0.05) is 12.6 Å². The highest BCUT2D eigenvalue weighted by atomic mass is 19.1. The van der Waals surface area contributed by atoms with Crippen molar-refractivity contribution in [2.24, 2.45) is 11.7 Å². The largest absolute Gasteiger partial charge is 0.334 e. The van der Waals surface area contributed by atoms with Crippen LogP contribution in [0.3, 0.4) is 0 Å². The Kier molecular flexibility index (Phi) is 4.20. The van der Waals surface area contributed by atoms with Crippen LogP contribution in [-0.4, -0.2) is 22.9 Å². The van der Waals surface area contributed by atoms with Crippen LogP contribution < -0.4 is 5.73 Å². The summed E-state index contributed by atoms with van der Waals surface area (Å²) in [5.74, 6) is -0.129. The van der Waals surface area contributed by atoms with E-state index in [0.29, 0.717) is 12.6 Å². The van der Waals surface area contributed by atoms with Crippen LogP contribution in [0.25, 0.3) is 0 Å². The van der Waals surface area contributed by atoms with E-state index in [4.69, 9.17) is 5.73 Å². The van der Waals surface area contributed by atoms with E-state index in [1.807, 2.05) is 18.7 Å². The van der Waals surface area contributed by atoms with Gasteiger partial charge in [-0.3, -0.25) is 4.79 Å². The topological polar surface area (TPSA) is 46.3 Å². The zero-order valence-corrected chi connectivity index (χ0v) is 11.5. The van der Waals surface area contributed by atoms with Gasteiger partial charge in [-0.1, -0.05) is 26.0 Å². The molecule has 104 valence electrons. The fourth-order valence-electron chi connectivity index (χ4n) is 2.04. The van der Waals surface area contributed by atoms with Gasteiger partial charge in [-0.2, -0.15) is 0 Å². The lowest BCUT2D eigenvalue weighted by Gasteiger charge is -2.27. The Morgan fingerprint density at radius 2 is 1.95 bits per heavy atom. The van der Waals surface area contributed by atoms with Crippen molar-refractivity contribution < 1.29 is 9.18 Å². The van der Waals surface area contributed by atoms with E-state index in [0.717, 1.165) is 18.4 Å². The first-order valence-corrected chi connectivity index (χ1v) is 6.79. The molecule has 1 aliphatic carbocycles. The van der Waals surface area contributed by atoms with E-state index in [2.05, 4.69) is 0 Å². The van der Waals surface area contributed by atoms with Gasteiger partial charge in [-0.15, -0.1) is 0 Å². The van der Waals surface area contributed by atoms with Crippen LogP contribution in [-0.2, 0) is 11.3 Å². The van der Waals surface area contributed by atoms with Gasteiger partial charge >= 0.3 is 0 Å². The molecular formula is C15H21FN2O. The molecule has 3 nitrogen and oxygen atoms in total. The first kappa shape index (κ1) is 14.0. The lowest BCUT2D eigenvalue weighted by Crippen LogP contribution is -2.47. The second-order valence-electron chi connectivity index (χ2n) is 5.59. The summed E-state index contributed by atoms with van der Waals surface area (Å²) in [5, 5.41) is 0. The highest BCUT2D eigenvalue weighted by Crippen LogP contribution is 2.29. The van der Waals surface area contributed by atoms with Crippen molar-refractivity contribution in [3.63, 3.8) is 0 Å². The normalized spacial score (nSPS) is 16.5. The fraction of sp³-hybridized carbons (Fsp3) is 0.533. The minimum atomic E-state index is -0.457. The average molecular weight is 264 g/mol. The highest BCUT2D eigenvalue weighted by Gasteiger charge is 2.35. The first-order valence-electron chi connectivity index (χ1n) is 6.79. The lowest BCUT2D eigenvalue weighted by molar-refractivity contribution is -0.134. The number of nitrogens with two attached hydrogens (primary N) is 1. The van der Waals surface area contributed by atoms with E-state index >= 15 is 0 Å². The Bertz CT molecular complexity index is 440. The number of hydrogen-bond acceptors (Lipinski definition) is 2. The van der Waals surface area contributed by atoms with Crippen LogP contribution in [0, 0.1) is 11.7 Å². The molecule has 1 atom stereocenters. The van der Waals surface area contributed by atoms with Gasteiger partial charge < -0.3 is 10.6 Å². The molecule has 1 saturated carbocycles. The molecule has 0 aromatic heterocycles. The zero-order valence-electron chi connectivity index (χ0n) is 11.5. The van der Waals surface area contributed by atoms with Crippen molar-refractivity contribution in [2.75, 3.05) is 0 Å². The molecule has 1 fully saturated rings. The van der Waals surface area contributed by atoms with Crippen molar-refractivity contribution in [2.45, 2.75) is 45.3 Å². The van der Waals surface area contributed by atoms with Gasteiger partial charge in [-0.05, 0) is 36.5 Å². The van der Waals surface area contributed by atoms with E-state index in [9.17, 15) is 9.18 Å². The molecule has 0 radical (unpaired) electrons. The molecule has 1 aromatic carbocycles. The Morgan fingerprint density at radius 3 is 2.42 bits per heavy atom. The Hall–Kier alpha value is -1.42. The summed E-state index contributed by atoms with van der Waals surface area (Å²) in [4.78, 5) is 14.2. The molecule has 0 aliphatic heterocycles. The van der Waals surface area contributed by atoms with Crippen LogP contribution in [0.2, 0.25) is 0 Å². The van der Waals surface area contributed by atoms with Gasteiger partial charge in [0.05, 0.1) is 6.04 Å². The summed E-state index contributed by atoms with van der Waals surface area (Å²) >= 11 is 0. The van der Waals surface area contributed by atoms with Crippen molar-refractivity contribution in [3.05, 3.63) is 35.6 Å². The molecule has 0 unspecified atom stereocenters. The van der Waals surface area contributed by atoms with Crippen LogP contribution in [0.4, 0.5) is 4.39 Å². The molecule has 2 N–H and O–H groups in total. The average Bonchev–Trinajstić information content (AvgIpc) is 3.20. The van der Waals surface area contributed by atoms with Gasteiger partial charge in [-0.25, -0.2) is 4.39 Å². The first-order chi connectivity index (χ1) is 8.99. The number of hydrogen-bond donors (Lipinski definition) is 1. The second-order valence-corrected chi connectivity index (χ2v) is 5.59. The maximum Gasteiger partial charge on any atom is 0.240 e. The molecule has 4 heteroatoms. The van der Waals surface area contributed by atoms with Gasteiger partial charge in [0.25, 0.3) is 0 Å². The van der Waals surface area contributed by atoms with Crippen LogP contribution in [0.15, 0.2) is 24.3 Å². The molecule has 1 aliphatic rings. The monoisotopic (exact) mass is 264 g/mol. The number of carbonyl (C=O) groups excluding carboxylic acids is 1. The van der Waals surface area contributed by atoms with Crippen molar-refractivity contribution >= 4 is 5.91 Å². The van der Waals surface area contributed by atoms with Gasteiger partial charge in [0.1, 0.15) is 5.82 Å². The minimum Gasteiger partial charge on any atom is -0.334 e. The number of carbonyl (C=O) groups is 1. The molecule has 19 heavy (non-hydrogen) atoms. The molecule has 0 bridgehead atoms. The van der Waals surface area contributed by atoms with E-state index in [1.165, 1.54) is 12.1 Å². The van der Waals surface area contributed by atoms with Crippen molar-refractivity contribution in [1.82, 2.24) is 4.90 Å². The predicted molar refractivity (Wildman–Crippen MR) is 72.8 cm³/mol. The third-order valence-corrected chi connectivity index (χ3v) is 3.54. The molecule has 0 heterocycles. The maximum absolute atomic E-state index is 12.9. The Balaban J connectivity index is 2.08. The third-order valence-electron chi connectivity index (χ3n) is 3.54. The lowest BCUT2D eigenvalue weighted by atomic mass is 10.0. The van der Waals surface area contributed by atoms with E-state index in [1.54, 1.807) is 12.1 Å². The number of amides is 1. The van der Waals surface area contributed by atoms with E-state index in [-0.39, 0.29) is 17.6 Å². The van der Waals surface area contributed by atoms with Crippen LogP contribution in [0.1, 0.15) is 32.3 Å². The second kappa shape index (κ2) is 5.70. The standard InChI is InChI=1S/C15H21FN2O/c1-10(2)14(17)15(19)18(13-7-8-13)9-11-3-5-12(16)6-4-11/h3-6,10,13-14H,7-9,17H2,1-2H3/t14-/m0/s1. The SMILES string of the molecule is CC(C)[C@H](N)C(=O)N(Cc1ccc(F)cc1)C1CC1. The van der Waals surface area contributed by atoms with Crippen LogP contribution in [0.5, 0.6) is 0 Å². The number of halogens is 1. The summed E-state index contributed by atoms with van der Waals surface area (Å²) < 4.78 is 12.9. The molecule has 1 amide bonds. The predicted octanol–water partition coefficient (Wildman–Crippen LogP) is 2.30. The highest BCUT2D eigenvalue weighted by molar-refractivity contribution is 5.82. The quantitative estimate of drug-likeness (QED) is 0.887. The fourth-order valence-corrected chi connectivity index (χ4v) is 2.04. The smallest absolute Gasteiger partial charge is 0.240 e. The maximum atomic E-state index is 12.9. The summed E-state index contributed by atoms with van der Waals surface area (Å²) in [5.41, 5.74) is 6.90. The zero-order chi connectivity index (χ0) is 14.0. The molecule has 2 rings (SSSR count). The number of rotatable bonds is 5. The summed E-state index contributed by atoms with van der Waals surface area (Å²) in [6.45, 7) is 4.42. The van der Waals surface area contributed by atoms with Crippen molar-refractivity contribution in [1.29, 1.82) is 0 Å². The number of nitrogens with zero attached hydrogens (tertiary/aromatic N) is 1. The van der Waals surface area contributed by atoms with Crippen molar-refractivity contribution in [3.8, 4) is 0 Å². The minimum absolute atomic E-state index is 0.00169. The van der Waals surface area contributed by atoms with Crippen LogP contribution >= 0.6 is 0 Å². The van der Waals surface area contributed by atoms with Gasteiger partial charge in [0.2, 0.25) is 5.91 Å². The molecule has 0 saturated heterocycles. The van der Waals surface area contributed by atoms with E-state index < -0.39 is 6.04 Å². The summed E-state index contributed by atoms with van der Waals surface area (Å²) in [6.07, 6.45) is 2.08. The molecule has 1 aromatic rings. The molecular weight excluding hydrogens is 243 g/mol. The summed E-state index contributed by atoms with van der Waals surface area (Å²) in [6, 6.07) is 6.14. The summed E-state index contributed by atoms with van der Waals surface area (Å²) in [7, 11) is 0. The Morgan fingerprint density at radius 1 is 1.37 bits per heavy atom. The Labute approximate surface area is 113 Å². The third kappa shape index (κ3) is 3.53. The van der Waals surface area contributed by atoms with Gasteiger partial charge in [0.15, 0.2) is 0 Å². The molecule has 0 spiro atoms.